The first-order chi connectivity index (χ1) is 14.5. The number of hydrogen-bond acceptors (Lipinski definition) is 3. The Hall–Kier alpha value is -1.84. The van der Waals surface area contributed by atoms with E-state index < -0.39 is 0 Å². The molecule has 2 saturated carbocycles. The van der Waals surface area contributed by atoms with Gasteiger partial charge in [-0.2, -0.15) is 10.2 Å². The van der Waals surface area contributed by atoms with Crippen LogP contribution in [0.2, 0.25) is 10.0 Å². The number of phenols is 1. The highest BCUT2D eigenvalue weighted by molar-refractivity contribution is 6.43. The molecule has 4 atom stereocenters. The molecule has 1 N–H and O–H groups in total. The van der Waals surface area contributed by atoms with Gasteiger partial charge in [-0.3, -0.25) is 0 Å². The van der Waals surface area contributed by atoms with Gasteiger partial charge in [0.25, 0.3) is 0 Å². The summed E-state index contributed by atoms with van der Waals surface area (Å²) >= 11 is 12.4. The number of fused-ring (bicyclic) bond motifs is 5. The van der Waals surface area contributed by atoms with Gasteiger partial charge < -0.3 is 5.11 Å². The van der Waals surface area contributed by atoms with Crippen LogP contribution in [0.4, 0.5) is 0 Å². The van der Waals surface area contributed by atoms with Crippen molar-refractivity contribution in [1.82, 2.24) is 0 Å². The minimum Gasteiger partial charge on any atom is -0.508 e. The molecule has 2 fully saturated rings. The molecule has 0 aromatic heterocycles. The van der Waals surface area contributed by atoms with E-state index in [9.17, 15) is 5.11 Å². The molecule has 156 valence electrons. The molecular weight excluding hydrogens is 415 g/mol. The lowest BCUT2D eigenvalue weighted by Gasteiger charge is -2.49. The molecule has 0 bridgehead atoms. The third-order valence-electron chi connectivity index (χ3n) is 7.81. The predicted octanol–water partition coefficient (Wildman–Crippen LogP) is 7.03. The standard InChI is InChI=1S/C25H26Cl2N2O/c1-25-12-11-19-18-8-6-17(30)13-15(18)5-7-20(19)21(25)9-10-23(25)29-28-14-16-3-2-4-22(26)24(16)27/h2-4,6,8,13-14,19-21,30H,5,7,9-12H2,1H3. The highest BCUT2D eigenvalue weighted by Crippen LogP contribution is 2.60. The van der Waals surface area contributed by atoms with Gasteiger partial charge in [-0.1, -0.05) is 48.3 Å². The fourth-order valence-electron chi connectivity index (χ4n) is 6.30. The van der Waals surface area contributed by atoms with Crippen molar-refractivity contribution >= 4 is 35.1 Å². The lowest BCUT2D eigenvalue weighted by Crippen LogP contribution is -2.42. The molecule has 0 aliphatic heterocycles. The molecule has 5 rings (SSSR count). The molecular formula is C25H26Cl2N2O. The maximum absolute atomic E-state index is 9.86. The van der Waals surface area contributed by atoms with E-state index in [0.717, 1.165) is 24.8 Å². The molecule has 3 nitrogen and oxygen atoms in total. The van der Waals surface area contributed by atoms with Crippen LogP contribution < -0.4 is 0 Å². The summed E-state index contributed by atoms with van der Waals surface area (Å²) in [5, 5.41) is 20.0. The van der Waals surface area contributed by atoms with E-state index in [1.165, 1.54) is 36.1 Å². The second-order valence-electron chi connectivity index (χ2n) is 9.23. The molecule has 2 aromatic rings. The maximum atomic E-state index is 9.86. The van der Waals surface area contributed by atoms with Gasteiger partial charge in [-0.25, -0.2) is 0 Å². The maximum Gasteiger partial charge on any atom is 0.115 e. The normalized spacial score (nSPS) is 31.6. The summed E-state index contributed by atoms with van der Waals surface area (Å²) in [7, 11) is 0. The fraction of sp³-hybridized carbons (Fsp3) is 0.440. The zero-order valence-electron chi connectivity index (χ0n) is 17.1. The van der Waals surface area contributed by atoms with Gasteiger partial charge in [0.05, 0.1) is 16.3 Å². The molecule has 2 aromatic carbocycles. The molecule has 3 aliphatic rings. The van der Waals surface area contributed by atoms with E-state index >= 15 is 0 Å². The minimum absolute atomic E-state index is 0.130. The van der Waals surface area contributed by atoms with Crippen molar-refractivity contribution in [1.29, 1.82) is 0 Å². The molecule has 3 aliphatic carbocycles. The zero-order chi connectivity index (χ0) is 20.9. The summed E-state index contributed by atoms with van der Waals surface area (Å²) in [6.07, 6.45) is 8.52. The average Bonchev–Trinajstić information content (AvgIpc) is 3.07. The van der Waals surface area contributed by atoms with Gasteiger partial charge in [0.1, 0.15) is 5.75 Å². The Labute approximate surface area is 187 Å². The van der Waals surface area contributed by atoms with E-state index in [1.807, 2.05) is 24.3 Å². The van der Waals surface area contributed by atoms with Crippen molar-refractivity contribution in [3.05, 3.63) is 63.1 Å². The second-order valence-corrected chi connectivity index (χ2v) is 10.0. The Bertz CT molecular complexity index is 1050. The third kappa shape index (κ3) is 3.27. The minimum atomic E-state index is 0.130. The fourth-order valence-corrected chi connectivity index (χ4v) is 6.66. The third-order valence-corrected chi connectivity index (χ3v) is 8.64. The number of nitrogens with zero attached hydrogens (tertiary/aromatic N) is 2. The summed E-state index contributed by atoms with van der Waals surface area (Å²) in [5.74, 6) is 2.35. The summed E-state index contributed by atoms with van der Waals surface area (Å²) in [5.41, 5.74) is 4.96. The molecule has 0 saturated heterocycles. The largest absolute Gasteiger partial charge is 0.508 e. The monoisotopic (exact) mass is 440 g/mol. The summed E-state index contributed by atoms with van der Waals surface area (Å²) in [6, 6.07) is 11.5. The number of halogens is 2. The van der Waals surface area contributed by atoms with Crippen LogP contribution in [-0.4, -0.2) is 17.0 Å². The highest BCUT2D eigenvalue weighted by Gasteiger charge is 2.53. The van der Waals surface area contributed by atoms with Gasteiger partial charge in [0.15, 0.2) is 0 Å². The summed E-state index contributed by atoms with van der Waals surface area (Å²) < 4.78 is 0. The zero-order valence-corrected chi connectivity index (χ0v) is 18.6. The Morgan fingerprint density at radius 2 is 1.97 bits per heavy atom. The van der Waals surface area contributed by atoms with E-state index in [2.05, 4.69) is 18.1 Å². The number of hydrogen-bond donors (Lipinski definition) is 1. The molecule has 0 spiro atoms. The summed E-state index contributed by atoms with van der Waals surface area (Å²) in [6.45, 7) is 2.40. The van der Waals surface area contributed by atoms with Crippen molar-refractivity contribution in [3.63, 3.8) is 0 Å². The van der Waals surface area contributed by atoms with Crippen LogP contribution in [0.25, 0.3) is 0 Å². The Morgan fingerprint density at radius 1 is 1.10 bits per heavy atom. The Morgan fingerprint density at radius 3 is 2.83 bits per heavy atom. The molecule has 5 heteroatoms. The second kappa shape index (κ2) is 7.69. The lowest BCUT2D eigenvalue weighted by atomic mass is 9.55. The van der Waals surface area contributed by atoms with E-state index in [0.29, 0.717) is 33.5 Å². The first kappa shape index (κ1) is 20.1. The van der Waals surface area contributed by atoms with Crippen LogP contribution in [0.3, 0.4) is 0 Å². The first-order valence-corrected chi connectivity index (χ1v) is 11.6. The number of benzene rings is 2. The quantitative estimate of drug-likeness (QED) is 0.395. The van der Waals surface area contributed by atoms with Crippen molar-refractivity contribution in [2.75, 3.05) is 0 Å². The average molecular weight is 441 g/mol. The van der Waals surface area contributed by atoms with Crippen LogP contribution in [0.5, 0.6) is 5.75 Å². The van der Waals surface area contributed by atoms with Gasteiger partial charge in [0, 0.05) is 16.7 Å². The predicted molar refractivity (Wildman–Crippen MR) is 124 cm³/mol. The van der Waals surface area contributed by atoms with Crippen molar-refractivity contribution in [3.8, 4) is 5.75 Å². The van der Waals surface area contributed by atoms with Crippen LogP contribution >= 0.6 is 23.2 Å². The van der Waals surface area contributed by atoms with Crippen molar-refractivity contribution < 1.29 is 5.11 Å². The smallest absolute Gasteiger partial charge is 0.115 e. The van der Waals surface area contributed by atoms with Crippen LogP contribution in [0.1, 0.15) is 61.6 Å². The Kier molecular flexibility index (Phi) is 5.15. The van der Waals surface area contributed by atoms with Gasteiger partial charge in [0.2, 0.25) is 0 Å². The van der Waals surface area contributed by atoms with Crippen LogP contribution in [-0.2, 0) is 6.42 Å². The SMILES string of the molecule is CC12CCC3c4ccc(O)cc4CCC3C1CCC2=NN=Cc1cccc(Cl)c1Cl. The van der Waals surface area contributed by atoms with Gasteiger partial charge in [-0.05, 0) is 85.6 Å². The topological polar surface area (TPSA) is 45.0 Å². The van der Waals surface area contributed by atoms with E-state index in [4.69, 9.17) is 28.3 Å². The van der Waals surface area contributed by atoms with Crippen LogP contribution in [0, 0.1) is 17.3 Å². The molecule has 0 radical (unpaired) electrons. The number of aromatic hydroxyl groups is 1. The number of rotatable bonds is 2. The van der Waals surface area contributed by atoms with E-state index in [-0.39, 0.29) is 5.41 Å². The number of phenolic OH excluding ortho intramolecular Hbond substituents is 1. The number of aryl methyl sites for hydroxylation is 1. The van der Waals surface area contributed by atoms with Gasteiger partial charge in [-0.15, -0.1) is 0 Å². The van der Waals surface area contributed by atoms with Crippen LogP contribution in [0.15, 0.2) is 46.6 Å². The highest BCUT2D eigenvalue weighted by atomic mass is 35.5. The molecule has 0 heterocycles. The van der Waals surface area contributed by atoms with Crippen molar-refractivity contribution in [2.24, 2.45) is 27.5 Å². The molecule has 30 heavy (non-hydrogen) atoms. The molecule has 0 amide bonds. The lowest BCUT2D eigenvalue weighted by molar-refractivity contribution is 0.0955. The van der Waals surface area contributed by atoms with Crippen molar-refractivity contribution in [2.45, 2.75) is 51.4 Å². The molecule has 4 unspecified atom stereocenters. The first-order valence-electron chi connectivity index (χ1n) is 10.8. The van der Waals surface area contributed by atoms with Gasteiger partial charge >= 0.3 is 0 Å². The van der Waals surface area contributed by atoms with E-state index in [1.54, 1.807) is 12.3 Å². The Balaban J connectivity index is 1.39. The summed E-state index contributed by atoms with van der Waals surface area (Å²) in [4.78, 5) is 0.